The van der Waals surface area contributed by atoms with Gasteiger partial charge < -0.3 is 5.32 Å². The van der Waals surface area contributed by atoms with Gasteiger partial charge in [-0.2, -0.15) is 9.78 Å². The molecule has 0 radical (unpaired) electrons. The number of aromatic nitrogens is 2. The molecule has 0 spiro atoms. The van der Waals surface area contributed by atoms with Crippen LogP contribution >= 0.6 is 35.6 Å². The Morgan fingerprint density at radius 1 is 1.24 bits per heavy atom. The Morgan fingerprint density at radius 3 is 2.40 bits per heavy atom. The summed E-state index contributed by atoms with van der Waals surface area (Å²) in [6.07, 6.45) is 1.25. The lowest BCUT2D eigenvalue weighted by Crippen LogP contribution is -2.37. The maximum atomic E-state index is 12.2. The third-order valence-corrected chi connectivity index (χ3v) is 5.53. The Hall–Kier alpha value is -1.16. The molecule has 0 aliphatic heterocycles. The number of hydrogen-bond donors (Lipinski definition) is 2. The fourth-order valence-electron chi connectivity index (χ4n) is 1.78. The number of likely N-dealkylation sites (N-methyl/N-ethyl adjacent to an activating group) is 1. The maximum Gasteiger partial charge on any atom is 0.291 e. The first-order chi connectivity index (χ1) is 11.3. The van der Waals surface area contributed by atoms with Gasteiger partial charge >= 0.3 is 0 Å². The number of hydrogen-bond acceptors (Lipinski definition) is 5. The molecule has 138 valence electrons. The van der Waals surface area contributed by atoms with Crippen LogP contribution in [0.3, 0.4) is 0 Å². The summed E-state index contributed by atoms with van der Waals surface area (Å²) in [5.74, 6) is 0. The van der Waals surface area contributed by atoms with Gasteiger partial charge in [-0.1, -0.05) is 23.2 Å². The van der Waals surface area contributed by atoms with Crippen molar-refractivity contribution in [3.63, 3.8) is 0 Å². The molecule has 11 heteroatoms. The highest BCUT2D eigenvalue weighted by Crippen LogP contribution is 2.17. The molecule has 1 unspecified atom stereocenters. The van der Waals surface area contributed by atoms with Gasteiger partial charge in [-0.25, -0.2) is 13.1 Å². The molecule has 1 aromatic carbocycles. The van der Waals surface area contributed by atoms with E-state index in [4.69, 9.17) is 23.2 Å². The Bertz CT molecular complexity index is 885. The minimum atomic E-state index is -3.63. The minimum absolute atomic E-state index is 0. The van der Waals surface area contributed by atoms with Crippen molar-refractivity contribution in [3.8, 4) is 5.69 Å². The average Bonchev–Trinajstić information content (AvgIpc) is 2.58. The molecule has 1 heterocycles. The van der Waals surface area contributed by atoms with Crippen LogP contribution in [0.15, 0.2) is 40.2 Å². The molecule has 7 nitrogen and oxygen atoms in total. The first-order valence-electron chi connectivity index (χ1n) is 6.97. The standard InChI is InChI=1S/C14H16Cl2N4O3S.ClH/c1-9(17-2)7-19-24(22,23)11-5-3-10(4-6-11)20-14(21)13(16)12(15)8-18-20;/h3-6,8-9,17,19H,7H2,1-2H3;1H. The number of nitrogens with zero attached hydrogens (tertiary/aromatic N) is 2. The number of sulfonamides is 1. The van der Waals surface area contributed by atoms with Crippen LogP contribution < -0.4 is 15.6 Å². The maximum absolute atomic E-state index is 12.2. The summed E-state index contributed by atoms with van der Waals surface area (Å²) < 4.78 is 28.0. The molecule has 2 rings (SSSR count). The van der Waals surface area contributed by atoms with Crippen LogP contribution in [0, 0.1) is 0 Å². The topological polar surface area (TPSA) is 93.1 Å². The monoisotopic (exact) mass is 426 g/mol. The van der Waals surface area contributed by atoms with Gasteiger partial charge in [0.1, 0.15) is 5.02 Å². The van der Waals surface area contributed by atoms with Crippen LogP contribution in [0.4, 0.5) is 0 Å². The molecule has 0 fully saturated rings. The summed E-state index contributed by atoms with van der Waals surface area (Å²) in [5.41, 5.74) is -0.207. The van der Waals surface area contributed by atoms with Gasteiger partial charge in [0.15, 0.2) is 0 Å². The summed E-state index contributed by atoms with van der Waals surface area (Å²) in [5, 5.41) is 6.73. The second-order valence-electron chi connectivity index (χ2n) is 5.06. The zero-order valence-corrected chi connectivity index (χ0v) is 16.5. The fourth-order valence-corrected chi connectivity index (χ4v) is 3.17. The summed E-state index contributed by atoms with van der Waals surface area (Å²) in [4.78, 5) is 12.1. The van der Waals surface area contributed by atoms with Crippen molar-refractivity contribution in [2.45, 2.75) is 17.9 Å². The highest BCUT2D eigenvalue weighted by Gasteiger charge is 2.15. The molecule has 1 atom stereocenters. The quantitative estimate of drug-likeness (QED) is 0.734. The number of halogens is 3. The third kappa shape index (κ3) is 5.16. The molecule has 2 N–H and O–H groups in total. The Kier molecular flexibility index (Phi) is 7.86. The Labute approximate surface area is 161 Å². The number of rotatable bonds is 6. The highest BCUT2D eigenvalue weighted by molar-refractivity contribution is 7.89. The van der Waals surface area contributed by atoms with Crippen LogP contribution in [0.5, 0.6) is 0 Å². The number of benzene rings is 1. The van der Waals surface area contributed by atoms with E-state index in [-0.39, 0.29) is 39.9 Å². The molecule has 0 aliphatic carbocycles. The van der Waals surface area contributed by atoms with Gasteiger partial charge in [-0.3, -0.25) is 4.79 Å². The van der Waals surface area contributed by atoms with Crippen molar-refractivity contribution in [2.75, 3.05) is 13.6 Å². The zero-order valence-electron chi connectivity index (χ0n) is 13.4. The first-order valence-corrected chi connectivity index (χ1v) is 9.21. The normalized spacial score (nSPS) is 12.5. The molecule has 1 aromatic heterocycles. The van der Waals surface area contributed by atoms with Gasteiger partial charge in [0.2, 0.25) is 10.0 Å². The van der Waals surface area contributed by atoms with E-state index in [2.05, 4.69) is 15.1 Å². The van der Waals surface area contributed by atoms with Gasteiger partial charge in [0.25, 0.3) is 5.56 Å². The largest absolute Gasteiger partial charge is 0.316 e. The molecule has 2 aromatic rings. The molecular weight excluding hydrogens is 411 g/mol. The van der Waals surface area contributed by atoms with Crippen LogP contribution in [-0.2, 0) is 10.0 Å². The van der Waals surface area contributed by atoms with Crippen molar-refractivity contribution < 1.29 is 8.42 Å². The molecule has 0 aliphatic rings. The lowest BCUT2D eigenvalue weighted by molar-refractivity contribution is 0.554. The average molecular weight is 428 g/mol. The van der Waals surface area contributed by atoms with Gasteiger partial charge in [-0.15, -0.1) is 12.4 Å². The van der Waals surface area contributed by atoms with Crippen molar-refractivity contribution in [2.24, 2.45) is 0 Å². The Balaban J connectivity index is 0.00000312. The van der Waals surface area contributed by atoms with E-state index in [0.29, 0.717) is 5.69 Å². The van der Waals surface area contributed by atoms with E-state index in [1.54, 1.807) is 7.05 Å². The molecule has 0 saturated carbocycles. The van der Waals surface area contributed by atoms with Crippen molar-refractivity contribution in [1.29, 1.82) is 0 Å². The molecule has 0 saturated heterocycles. The van der Waals surface area contributed by atoms with E-state index in [0.717, 1.165) is 4.68 Å². The van der Waals surface area contributed by atoms with Crippen LogP contribution in [-0.4, -0.2) is 37.8 Å². The summed E-state index contributed by atoms with van der Waals surface area (Å²) in [7, 11) is -1.89. The van der Waals surface area contributed by atoms with E-state index < -0.39 is 15.6 Å². The van der Waals surface area contributed by atoms with Gasteiger partial charge in [0, 0.05) is 12.6 Å². The first kappa shape index (κ1) is 21.9. The molecule has 25 heavy (non-hydrogen) atoms. The number of nitrogens with one attached hydrogen (secondary N) is 2. The SMILES string of the molecule is CNC(C)CNS(=O)(=O)c1ccc(-n2ncc(Cl)c(Cl)c2=O)cc1.Cl. The summed E-state index contributed by atoms with van der Waals surface area (Å²) >= 11 is 11.5. The Morgan fingerprint density at radius 2 is 1.84 bits per heavy atom. The van der Waals surface area contributed by atoms with Crippen molar-refractivity contribution >= 4 is 45.6 Å². The predicted octanol–water partition coefficient (Wildman–Crippen LogP) is 1.85. The predicted molar refractivity (Wildman–Crippen MR) is 101 cm³/mol. The van der Waals surface area contributed by atoms with Gasteiger partial charge in [-0.05, 0) is 38.2 Å². The minimum Gasteiger partial charge on any atom is -0.316 e. The molecular formula is C14H17Cl3N4O3S. The summed E-state index contributed by atoms with van der Waals surface area (Å²) in [6.45, 7) is 2.11. The lowest BCUT2D eigenvalue weighted by atomic mass is 10.3. The smallest absolute Gasteiger partial charge is 0.291 e. The van der Waals surface area contributed by atoms with E-state index in [1.807, 2.05) is 6.92 Å². The highest BCUT2D eigenvalue weighted by atomic mass is 35.5. The molecule has 0 bridgehead atoms. The van der Waals surface area contributed by atoms with E-state index >= 15 is 0 Å². The van der Waals surface area contributed by atoms with Crippen LogP contribution in [0.1, 0.15) is 6.92 Å². The van der Waals surface area contributed by atoms with Crippen molar-refractivity contribution in [1.82, 2.24) is 19.8 Å². The zero-order chi connectivity index (χ0) is 17.9. The van der Waals surface area contributed by atoms with Crippen molar-refractivity contribution in [3.05, 3.63) is 50.9 Å². The second kappa shape index (κ2) is 8.98. The van der Waals surface area contributed by atoms with Crippen LogP contribution in [0.25, 0.3) is 5.69 Å². The molecule has 0 amide bonds. The fraction of sp³-hybridized carbons (Fsp3) is 0.286. The second-order valence-corrected chi connectivity index (χ2v) is 7.61. The summed E-state index contributed by atoms with van der Waals surface area (Å²) in [6, 6.07) is 5.71. The third-order valence-electron chi connectivity index (χ3n) is 3.34. The van der Waals surface area contributed by atoms with Crippen LogP contribution in [0.2, 0.25) is 10.0 Å². The van der Waals surface area contributed by atoms with E-state index in [9.17, 15) is 13.2 Å². The van der Waals surface area contributed by atoms with E-state index in [1.165, 1.54) is 30.5 Å². The van der Waals surface area contributed by atoms with Gasteiger partial charge in [0.05, 0.1) is 21.8 Å². The lowest BCUT2D eigenvalue weighted by Gasteiger charge is -2.12.